The number of hydrogen-bond donors (Lipinski definition) is 4. The smallest absolute Gasteiger partial charge is 0.223 e. The molecule has 0 saturated heterocycles. The minimum absolute atomic E-state index is 0.0372. The highest BCUT2D eigenvalue weighted by Crippen LogP contribution is 2.04. The van der Waals surface area contributed by atoms with Gasteiger partial charge in [0.25, 0.3) is 0 Å². The number of Topliss-reactive ketones (excluding diaryl/α,β-unsaturated/α-hetero) is 1. The first kappa shape index (κ1) is 14.0. The van der Waals surface area contributed by atoms with E-state index >= 15 is 0 Å². The Labute approximate surface area is 88.5 Å². The molecule has 0 aromatic rings. The lowest BCUT2D eigenvalue weighted by Gasteiger charge is -2.17. The van der Waals surface area contributed by atoms with E-state index in [-0.39, 0.29) is 18.7 Å². The molecule has 0 radical (unpaired) electrons. The van der Waals surface area contributed by atoms with Crippen LogP contribution in [-0.4, -0.2) is 40.8 Å². The Hall–Kier alpha value is -0.980. The molecular formula is C9H18N2O4. The molecule has 2 unspecified atom stereocenters. The second-order valence-corrected chi connectivity index (χ2v) is 3.52. The van der Waals surface area contributed by atoms with E-state index in [1.807, 2.05) is 0 Å². The van der Waals surface area contributed by atoms with Crippen LogP contribution in [0.3, 0.4) is 0 Å². The number of amides is 1. The second-order valence-electron chi connectivity index (χ2n) is 3.52. The summed E-state index contributed by atoms with van der Waals surface area (Å²) in [6, 6.07) is -0.698. The van der Waals surface area contributed by atoms with Crippen molar-refractivity contribution in [3.8, 4) is 0 Å². The predicted molar refractivity (Wildman–Crippen MR) is 53.7 cm³/mol. The first-order valence-electron chi connectivity index (χ1n) is 4.75. The third-order valence-electron chi connectivity index (χ3n) is 2.05. The number of aliphatic hydroxyl groups is 2. The second kappa shape index (κ2) is 6.49. The van der Waals surface area contributed by atoms with Crippen LogP contribution in [0.5, 0.6) is 0 Å². The molecule has 0 aliphatic heterocycles. The maximum Gasteiger partial charge on any atom is 0.223 e. The van der Waals surface area contributed by atoms with Crippen molar-refractivity contribution < 1.29 is 19.8 Å². The zero-order valence-electron chi connectivity index (χ0n) is 8.93. The van der Waals surface area contributed by atoms with Crippen LogP contribution in [0.25, 0.3) is 0 Å². The SMILES string of the molecule is CC(=O)C(CN)NC(=O)C(C)CC(O)O. The van der Waals surface area contributed by atoms with E-state index in [0.29, 0.717) is 0 Å². The number of nitrogens with two attached hydrogens (primary N) is 1. The summed E-state index contributed by atoms with van der Waals surface area (Å²) in [5, 5.41) is 19.7. The summed E-state index contributed by atoms with van der Waals surface area (Å²) in [5.74, 6) is -1.20. The molecule has 0 spiro atoms. The first-order valence-corrected chi connectivity index (χ1v) is 4.75. The summed E-state index contributed by atoms with van der Waals surface area (Å²) < 4.78 is 0. The quantitative estimate of drug-likeness (QED) is 0.399. The maximum absolute atomic E-state index is 11.4. The van der Waals surface area contributed by atoms with Crippen LogP contribution in [0.2, 0.25) is 0 Å². The van der Waals surface area contributed by atoms with Crippen molar-refractivity contribution in [3.05, 3.63) is 0 Å². The molecule has 0 aromatic carbocycles. The van der Waals surface area contributed by atoms with Gasteiger partial charge in [0.2, 0.25) is 5.91 Å². The van der Waals surface area contributed by atoms with Crippen molar-refractivity contribution in [1.82, 2.24) is 5.32 Å². The van der Waals surface area contributed by atoms with E-state index in [0.717, 1.165) is 0 Å². The average Bonchev–Trinajstić information content (AvgIpc) is 2.11. The Morgan fingerprint density at radius 2 is 1.93 bits per heavy atom. The molecule has 15 heavy (non-hydrogen) atoms. The van der Waals surface area contributed by atoms with E-state index in [1.54, 1.807) is 6.92 Å². The topological polar surface area (TPSA) is 113 Å². The number of carbonyl (C=O) groups is 2. The Balaban J connectivity index is 4.16. The Morgan fingerprint density at radius 3 is 2.27 bits per heavy atom. The van der Waals surface area contributed by atoms with Crippen LogP contribution in [0.15, 0.2) is 0 Å². The number of carbonyl (C=O) groups excluding carboxylic acids is 2. The molecule has 5 N–H and O–H groups in total. The third kappa shape index (κ3) is 5.46. The van der Waals surface area contributed by atoms with E-state index in [4.69, 9.17) is 15.9 Å². The summed E-state index contributed by atoms with van der Waals surface area (Å²) in [6.07, 6.45) is -1.60. The van der Waals surface area contributed by atoms with Gasteiger partial charge < -0.3 is 21.3 Å². The molecule has 6 heteroatoms. The fourth-order valence-corrected chi connectivity index (χ4v) is 1.06. The van der Waals surface area contributed by atoms with Crippen molar-refractivity contribution in [2.75, 3.05) is 6.54 Å². The Kier molecular flexibility index (Phi) is 6.07. The van der Waals surface area contributed by atoms with Gasteiger partial charge in [0, 0.05) is 18.9 Å². The standard InChI is InChI=1S/C9H18N2O4/c1-5(3-8(13)14)9(15)11-7(4-10)6(2)12/h5,7-8,13-14H,3-4,10H2,1-2H3,(H,11,15). The van der Waals surface area contributed by atoms with Crippen LogP contribution < -0.4 is 11.1 Å². The van der Waals surface area contributed by atoms with E-state index in [2.05, 4.69) is 5.32 Å². The van der Waals surface area contributed by atoms with Gasteiger partial charge in [-0.1, -0.05) is 6.92 Å². The Morgan fingerprint density at radius 1 is 1.40 bits per heavy atom. The van der Waals surface area contributed by atoms with Gasteiger partial charge in [-0.25, -0.2) is 0 Å². The normalized spacial score (nSPS) is 14.8. The van der Waals surface area contributed by atoms with Gasteiger partial charge in [-0.05, 0) is 6.92 Å². The zero-order chi connectivity index (χ0) is 12.0. The van der Waals surface area contributed by atoms with Gasteiger partial charge in [-0.2, -0.15) is 0 Å². The van der Waals surface area contributed by atoms with Crippen molar-refractivity contribution in [3.63, 3.8) is 0 Å². The summed E-state index contributed by atoms with van der Waals surface area (Å²) in [7, 11) is 0. The minimum atomic E-state index is -1.53. The molecule has 0 bridgehead atoms. The molecule has 0 fully saturated rings. The molecule has 0 aliphatic rings. The molecule has 0 heterocycles. The molecule has 0 rings (SSSR count). The van der Waals surface area contributed by atoms with Crippen molar-refractivity contribution in [2.24, 2.45) is 11.7 Å². The molecule has 2 atom stereocenters. The predicted octanol–water partition coefficient (Wildman–Crippen LogP) is -1.64. The van der Waals surface area contributed by atoms with E-state index in [9.17, 15) is 9.59 Å². The van der Waals surface area contributed by atoms with Crippen LogP contribution >= 0.6 is 0 Å². The maximum atomic E-state index is 11.4. The molecule has 1 amide bonds. The van der Waals surface area contributed by atoms with Crippen LogP contribution in [0.1, 0.15) is 20.3 Å². The van der Waals surface area contributed by atoms with Crippen LogP contribution in [0, 0.1) is 5.92 Å². The Bertz CT molecular complexity index is 230. The fraction of sp³-hybridized carbons (Fsp3) is 0.778. The highest BCUT2D eigenvalue weighted by molar-refractivity contribution is 5.88. The molecule has 0 aliphatic carbocycles. The van der Waals surface area contributed by atoms with Crippen LogP contribution in [0.4, 0.5) is 0 Å². The number of nitrogens with one attached hydrogen (secondary N) is 1. The van der Waals surface area contributed by atoms with Gasteiger partial charge in [0.1, 0.15) is 0 Å². The molecule has 0 aromatic heterocycles. The lowest BCUT2D eigenvalue weighted by atomic mass is 10.1. The summed E-state index contributed by atoms with van der Waals surface area (Å²) in [6.45, 7) is 2.92. The molecule has 88 valence electrons. The number of rotatable bonds is 6. The monoisotopic (exact) mass is 218 g/mol. The van der Waals surface area contributed by atoms with Gasteiger partial charge >= 0.3 is 0 Å². The summed E-state index contributed by atoms with van der Waals surface area (Å²) >= 11 is 0. The highest BCUT2D eigenvalue weighted by atomic mass is 16.5. The van der Waals surface area contributed by atoms with Gasteiger partial charge in [-0.3, -0.25) is 9.59 Å². The van der Waals surface area contributed by atoms with E-state index in [1.165, 1.54) is 6.92 Å². The van der Waals surface area contributed by atoms with Crippen molar-refractivity contribution in [1.29, 1.82) is 0 Å². The van der Waals surface area contributed by atoms with Crippen molar-refractivity contribution in [2.45, 2.75) is 32.6 Å². The highest BCUT2D eigenvalue weighted by Gasteiger charge is 2.20. The number of aliphatic hydroxyl groups excluding tert-OH is 1. The number of ketones is 1. The summed E-state index contributed by atoms with van der Waals surface area (Å²) in [4.78, 5) is 22.4. The number of hydrogen-bond acceptors (Lipinski definition) is 5. The zero-order valence-corrected chi connectivity index (χ0v) is 8.93. The minimum Gasteiger partial charge on any atom is -0.368 e. The first-order chi connectivity index (χ1) is 6.88. The molecular weight excluding hydrogens is 200 g/mol. The fourth-order valence-electron chi connectivity index (χ4n) is 1.06. The average molecular weight is 218 g/mol. The molecule has 6 nitrogen and oxygen atoms in total. The lowest BCUT2D eigenvalue weighted by molar-refractivity contribution is -0.132. The van der Waals surface area contributed by atoms with Crippen LogP contribution in [-0.2, 0) is 9.59 Å². The summed E-state index contributed by atoms with van der Waals surface area (Å²) in [5.41, 5.74) is 5.29. The van der Waals surface area contributed by atoms with Gasteiger partial charge in [0.05, 0.1) is 6.04 Å². The molecule has 0 saturated carbocycles. The third-order valence-corrected chi connectivity index (χ3v) is 2.05. The largest absolute Gasteiger partial charge is 0.368 e. The lowest BCUT2D eigenvalue weighted by Crippen LogP contribution is -2.47. The van der Waals surface area contributed by atoms with Crippen molar-refractivity contribution >= 4 is 11.7 Å². The van der Waals surface area contributed by atoms with Gasteiger partial charge in [-0.15, -0.1) is 0 Å². The van der Waals surface area contributed by atoms with Gasteiger partial charge in [0.15, 0.2) is 12.1 Å². The van der Waals surface area contributed by atoms with E-state index < -0.39 is 24.2 Å².